The number of nitrogens with one attached hydrogen (secondary N) is 1. The van der Waals surface area contributed by atoms with E-state index in [9.17, 15) is 9.18 Å². The Morgan fingerprint density at radius 1 is 1.35 bits per heavy atom. The Kier molecular flexibility index (Phi) is 3.58. The standard InChI is InChI=1S/C12H11FN2OS/c1-17-12-14-10(7-11(16)15-12)6-8-2-4-9(13)5-3-8/h2-5,7H,6H2,1H3,(H,14,15,16). The van der Waals surface area contributed by atoms with E-state index in [1.54, 1.807) is 12.1 Å². The van der Waals surface area contributed by atoms with Crippen LogP contribution in [0.25, 0.3) is 0 Å². The number of hydrogen-bond acceptors (Lipinski definition) is 3. The Morgan fingerprint density at radius 2 is 2.06 bits per heavy atom. The van der Waals surface area contributed by atoms with Crippen LogP contribution in [0.15, 0.2) is 40.3 Å². The number of aromatic amines is 1. The van der Waals surface area contributed by atoms with Gasteiger partial charge >= 0.3 is 0 Å². The molecule has 0 bridgehead atoms. The predicted molar refractivity (Wildman–Crippen MR) is 65.8 cm³/mol. The van der Waals surface area contributed by atoms with E-state index in [1.807, 2.05) is 6.26 Å². The van der Waals surface area contributed by atoms with Crippen molar-refractivity contribution in [3.8, 4) is 0 Å². The minimum absolute atomic E-state index is 0.165. The Balaban J connectivity index is 2.26. The number of benzene rings is 1. The number of hydrogen-bond donors (Lipinski definition) is 1. The van der Waals surface area contributed by atoms with Gasteiger partial charge < -0.3 is 4.98 Å². The Morgan fingerprint density at radius 3 is 2.71 bits per heavy atom. The number of H-pyrrole nitrogens is 1. The van der Waals surface area contributed by atoms with Gasteiger partial charge in [-0.3, -0.25) is 4.79 Å². The smallest absolute Gasteiger partial charge is 0.251 e. The van der Waals surface area contributed by atoms with Crippen molar-refractivity contribution >= 4 is 11.8 Å². The summed E-state index contributed by atoms with van der Waals surface area (Å²) in [5.74, 6) is -0.266. The molecule has 1 heterocycles. The van der Waals surface area contributed by atoms with Crippen molar-refractivity contribution in [1.82, 2.24) is 9.97 Å². The van der Waals surface area contributed by atoms with Gasteiger partial charge in [0.1, 0.15) is 5.82 Å². The highest BCUT2D eigenvalue weighted by Gasteiger charge is 2.02. The molecular weight excluding hydrogens is 239 g/mol. The Bertz CT molecular complexity index is 565. The van der Waals surface area contributed by atoms with E-state index < -0.39 is 0 Å². The molecule has 0 amide bonds. The maximum atomic E-state index is 12.7. The highest BCUT2D eigenvalue weighted by atomic mass is 32.2. The molecule has 17 heavy (non-hydrogen) atoms. The van der Waals surface area contributed by atoms with Crippen molar-refractivity contribution in [2.45, 2.75) is 11.6 Å². The molecule has 0 aliphatic heterocycles. The van der Waals surface area contributed by atoms with E-state index in [1.165, 1.54) is 30.0 Å². The molecule has 0 saturated carbocycles. The number of nitrogens with zero attached hydrogens (tertiary/aromatic N) is 1. The molecule has 3 nitrogen and oxygen atoms in total. The van der Waals surface area contributed by atoms with Crippen molar-refractivity contribution in [1.29, 1.82) is 0 Å². The molecule has 1 aromatic heterocycles. The van der Waals surface area contributed by atoms with Crippen LogP contribution < -0.4 is 5.56 Å². The lowest BCUT2D eigenvalue weighted by atomic mass is 10.1. The second-order valence-electron chi connectivity index (χ2n) is 3.55. The van der Waals surface area contributed by atoms with Crippen LogP contribution in [0, 0.1) is 5.82 Å². The molecular formula is C12H11FN2OS. The summed E-state index contributed by atoms with van der Waals surface area (Å²) in [5.41, 5.74) is 1.45. The maximum Gasteiger partial charge on any atom is 0.251 e. The average Bonchev–Trinajstić information content (AvgIpc) is 2.31. The lowest BCUT2D eigenvalue weighted by Crippen LogP contribution is -2.10. The fourth-order valence-corrected chi connectivity index (χ4v) is 1.89. The van der Waals surface area contributed by atoms with Gasteiger partial charge in [-0.25, -0.2) is 9.37 Å². The highest BCUT2D eigenvalue weighted by molar-refractivity contribution is 7.98. The van der Waals surface area contributed by atoms with Crippen LogP contribution in [0.2, 0.25) is 0 Å². The number of aromatic nitrogens is 2. The van der Waals surface area contributed by atoms with Gasteiger partial charge in [-0.15, -0.1) is 0 Å². The van der Waals surface area contributed by atoms with Crippen LogP contribution in [-0.2, 0) is 6.42 Å². The molecule has 2 rings (SSSR count). The fraction of sp³-hybridized carbons (Fsp3) is 0.167. The normalized spacial score (nSPS) is 10.5. The summed E-state index contributed by atoms with van der Waals surface area (Å²) in [4.78, 5) is 18.3. The van der Waals surface area contributed by atoms with Gasteiger partial charge in [0.05, 0.1) is 5.69 Å². The first-order valence-corrected chi connectivity index (χ1v) is 6.28. The molecule has 0 unspecified atom stereocenters. The first-order chi connectivity index (χ1) is 8.17. The monoisotopic (exact) mass is 250 g/mol. The molecule has 5 heteroatoms. The van der Waals surface area contributed by atoms with E-state index >= 15 is 0 Å². The van der Waals surface area contributed by atoms with Crippen molar-refractivity contribution in [2.24, 2.45) is 0 Å². The number of rotatable bonds is 3. The van der Waals surface area contributed by atoms with Crippen LogP contribution in [-0.4, -0.2) is 16.2 Å². The van der Waals surface area contributed by atoms with Crippen LogP contribution in [0.1, 0.15) is 11.3 Å². The maximum absolute atomic E-state index is 12.7. The van der Waals surface area contributed by atoms with Gasteiger partial charge in [-0.2, -0.15) is 0 Å². The van der Waals surface area contributed by atoms with E-state index in [0.717, 1.165) is 5.56 Å². The minimum atomic E-state index is -0.266. The summed E-state index contributed by atoms with van der Waals surface area (Å²) < 4.78 is 12.7. The summed E-state index contributed by atoms with van der Waals surface area (Å²) in [6, 6.07) is 7.65. The zero-order valence-corrected chi connectivity index (χ0v) is 10.1. The van der Waals surface area contributed by atoms with Gasteiger partial charge in [0, 0.05) is 12.5 Å². The van der Waals surface area contributed by atoms with Gasteiger partial charge in [-0.05, 0) is 24.0 Å². The highest BCUT2D eigenvalue weighted by Crippen LogP contribution is 2.10. The molecule has 0 spiro atoms. The lowest BCUT2D eigenvalue weighted by Gasteiger charge is -2.02. The Labute approximate surface area is 102 Å². The van der Waals surface area contributed by atoms with E-state index in [-0.39, 0.29) is 11.4 Å². The van der Waals surface area contributed by atoms with Crippen molar-refractivity contribution in [3.05, 3.63) is 57.8 Å². The molecule has 1 N–H and O–H groups in total. The summed E-state index contributed by atoms with van der Waals surface area (Å²) in [7, 11) is 0. The molecule has 0 fully saturated rings. The minimum Gasteiger partial charge on any atom is -0.301 e. The summed E-state index contributed by atoms with van der Waals surface area (Å²) in [6.07, 6.45) is 2.37. The third-order valence-electron chi connectivity index (χ3n) is 2.26. The van der Waals surface area contributed by atoms with Crippen molar-refractivity contribution in [3.63, 3.8) is 0 Å². The predicted octanol–water partition coefficient (Wildman–Crippen LogP) is 2.22. The van der Waals surface area contributed by atoms with Gasteiger partial charge in [0.25, 0.3) is 5.56 Å². The number of thioether (sulfide) groups is 1. The van der Waals surface area contributed by atoms with E-state index in [2.05, 4.69) is 9.97 Å². The topological polar surface area (TPSA) is 45.8 Å². The largest absolute Gasteiger partial charge is 0.301 e. The van der Waals surface area contributed by atoms with E-state index in [0.29, 0.717) is 17.3 Å². The number of halogens is 1. The van der Waals surface area contributed by atoms with Gasteiger partial charge in [-0.1, -0.05) is 23.9 Å². The third kappa shape index (κ3) is 3.17. The second-order valence-corrected chi connectivity index (χ2v) is 4.34. The van der Waals surface area contributed by atoms with Crippen LogP contribution in [0.3, 0.4) is 0 Å². The first kappa shape index (κ1) is 11.9. The average molecular weight is 250 g/mol. The summed E-state index contributed by atoms with van der Waals surface area (Å²) >= 11 is 1.38. The molecule has 0 aliphatic rings. The van der Waals surface area contributed by atoms with Crippen LogP contribution >= 0.6 is 11.8 Å². The van der Waals surface area contributed by atoms with Gasteiger partial charge in [0.15, 0.2) is 5.16 Å². The molecule has 0 atom stereocenters. The van der Waals surface area contributed by atoms with Crippen molar-refractivity contribution < 1.29 is 4.39 Å². The lowest BCUT2D eigenvalue weighted by molar-refractivity contribution is 0.627. The molecule has 0 aliphatic carbocycles. The third-order valence-corrected chi connectivity index (χ3v) is 2.84. The quantitative estimate of drug-likeness (QED) is 0.671. The second kappa shape index (κ2) is 5.14. The van der Waals surface area contributed by atoms with E-state index in [4.69, 9.17) is 0 Å². The Hall–Kier alpha value is -1.62. The molecule has 0 radical (unpaired) electrons. The molecule has 2 aromatic rings. The van der Waals surface area contributed by atoms with Crippen LogP contribution in [0.4, 0.5) is 4.39 Å². The zero-order valence-electron chi connectivity index (χ0n) is 9.24. The SMILES string of the molecule is CSc1nc(Cc2ccc(F)cc2)cc(=O)[nH]1. The van der Waals surface area contributed by atoms with Crippen LogP contribution in [0.5, 0.6) is 0 Å². The summed E-state index contributed by atoms with van der Waals surface area (Å²) in [5, 5.41) is 0.592. The fourth-order valence-electron chi connectivity index (χ4n) is 1.48. The molecule has 88 valence electrons. The summed E-state index contributed by atoms with van der Waals surface area (Å²) in [6.45, 7) is 0. The molecule has 1 aromatic carbocycles. The zero-order chi connectivity index (χ0) is 12.3. The van der Waals surface area contributed by atoms with Crippen molar-refractivity contribution in [2.75, 3.05) is 6.26 Å². The first-order valence-electron chi connectivity index (χ1n) is 5.06. The molecule has 0 saturated heterocycles. The van der Waals surface area contributed by atoms with Gasteiger partial charge in [0.2, 0.25) is 0 Å².